The molecule has 4 aromatic rings. The van der Waals surface area contributed by atoms with E-state index in [4.69, 9.17) is 9.47 Å². The Morgan fingerprint density at radius 2 is 1.90 bits per heavy atom. The highest BCUT2D eigenvalue weighted by molar-refractivity contribution is 6.12. The Hall–Kier alpha value is -4.57. The van der Waals surface area contributed by atoms with E-state index in [1.165, 1.54) is 19.2 Å². The number of hydrogen-bond acceptors (Lipinski definition) is 7. The van der Waals surface area contributed by atoms with Crippen molar-refractivity contribution in [1.29, 1.82) is 0 Å². The summed E-state index contributed by atoms with van der Waals surface area (Å²) in [5.74, 6) is -1.29. The van der Waals surface area contributed by atoms with Crippen LogP contribution in [-0.2, 0) is 16.1 Å². The number of amides is 1. The molecule has 1 fully saturated rings. The maximum absolute atomic E-state index is 14.2. The van der Waals surface area contributed by atoms with Gasteiger partial charge in [-0.2, -0.15) is 4.98 Å². The molecule has 0 saturated carbocycles. The Morgan fingerprint density at radius 3 is 2.57 bits per heavy atom. The number of hydrogen-bond donors (Lipinski definition) is 2. The van der Waals surface area contributed by atoms with Gasteiger partial charge in [-0.1, -0.05) is 32.0 Å². The van der Waals surface area contributed by atoms with Crippen LogP contribution in [0.25, 0.3) is 22.5 Å². The van der Waals surface area contributed by atoms with Gasteiger partial charge in [0.15, 0.2) is 0 Å². The normalized spacial score (nSPS) is 16.8. The summed E-state index contributed by atoms with van der Waals surface area (Å²) in [5.41, 5.74) is 4.10. The number of benzene rings is 2. The number of nitrogens with zero attached hydrogens (tertiary/aromatic N) is 3. The van der Waals surface area contributed by atoms with Crippen LogP contribution < -0.4 is 10.1 Å². The number of carbonyl (C=O) groups is 2. The monoisotopic (exact) mass is 572 g/mol. The van der Waals surface area contributed by atoms with Gasteiger partial charge in [0.25, 0.3) is 5.91 Å². The summed E-state index contributed by atoms with van der Waals surface area (Å²) < 4.78 is 27.0. The molecule has 0 spiro atoms. The Morgan fingerprint density at radius 1 is 1.17 bits per heavy atom. The summed E-state index contributed by atoms with van der Waals surface area (Å²) in [6.07, 6.45) is 1.00. The van der Waals surface area contributed by atoms with Crippen molar-refractivity contribution in [3.05, 3.63) is 83.9 Å². The number of anilines is 1. The molecule has 1 aliphatic rings. The van der Waals surface area contributed by atoms with E-state index in [0.29, 0.717) is 53.2 Å². The number of nitrogens with one attached hydrogen (secondary N) is 1. The number of carbonyl (C=O) groups excluding carboxylic acids is 2. The van der Waals surface area contributed by atoms with Gasteiger partial charge >= 0.3 is 12.0 Å². The zero-order chi connectivity index (χ0) is 29.8. The first-order valence-electron chi connectivity index (χ1n) is 13.9. The molecule has 5 rings (SSSR count). The number of halogens is 1. The molecule has 1 aliphatic heterocycles. The molecule has 2 aromatic carbocycles. The van der Waals surface area contributed by atoms with Gasteiger partial charge < -0.3 is 24.5 Å². The first-order chi connectivity index (χ1) is 20.2. The minimum atomic E-state index is -0.765. The number of rotatable bonds is 9. The SMILES string of the molecule is COc1nccc(-c2c(C(=O)Nc3ccccc3)c(C(C)C)n(CC[C@H]3C[C@@H](O)CC(=O)O3)c2-c2ccc(F)cc2)n1. The van der Waals surface area contributed by atoms with Crippen molar-refractivity contribution in [2.75, 3.05) is 12.4 Å². The molecule has 3 heterocycles. The van der Waals surface area contributed by atoms with Crippen molar-refractivity contribution in [2.45, 2.75) is 57.8 Å². The summed E-state index contributed by atoms with van der Waals surface area (Å²) in [5, 5.41) is 13.2. The van der Waals surface area contributed by atoms with Crippen molar-refractivity contribution in [3.63, 3.8) is 0 Å². The van der Waals surface area contributed by atoms with Crippen LogP contribution in [-0.4, -0.2) is 50.8 Å². The van der Waals surface area contributed by atoms with Crippen molar-refractivity contribution >= 4 is 17.6 Å². The van der Waals surface area contributed by atoms with Gasteiger partial charge in [0.2, 0.25) is 0 Å². The highest BCUT2D eigenvalue weighted by Crippen LogP contribution is 2.42. The Labute approximate surface area is 243 Å². The van der Waals surface area contributed by atoms with E-state index in [1.807, 2.05) is 36.6 Å². The number of aliphatic hydroxyl groups excluding tert-OH is 1. The average Bonchev–Trinajstić information content (AvgIpc) is 3.32. The summed E-state index contributed by atoms with van der Waals surface area (Å²) in [7, 11) is 1.47. The molecule has 2 N–H and O–H groups in total. The maximum atomic E-state index is 14.2. The lowest BCUT2D eigenvalue weighted by atomic mass is 9.97. The van der Waals surface area contributed by atoms with Gasteiger partial charge in [-0.05, 0) is 53.9 Å². The number of esters is 1. The minimum absolute atomic E-state index is 0.0262. The van der Waals surface area contributed by atoms with Gasteiger partial charge in [-0.15, -0.1) is 0 Å². The Balaban J connectivity index is 1.74. The van der Waals surface area contributed by atoms with Crippen LogP contribution in [0.1, 0.15) is 55.1 Å². The minimum Gasteiger partial charge on any atom is -0.467 e. The summed E-state index contributed by atoms with van der Waals surface area (Å²) in [6, 6.07) is 17.1. The average molecular weight is 573 g/mol. The fourth-order valence-corrected chi connectivity index (χ4v) is 5.46. The number of aliphatic hydroxyl groups is 1. The van der Waals surface area contributed by atoms with Crippen molar-refractivity contribution < 1.29 is 28.6 Å². The zero-order valence-corrected chi connectivity index (χ0v) is 23.7. The molecule has 0 radical (unpaired) electrons. The summed E-state index contributed by atoms with van der Waals surface area (Å²) in [6.45, 7) is 4.35. The zero-order valence-electron chi connectivity index (χ0n) is 23.7. The fraction of sp³-hybridized carbons (Fsp3) is 0.312. The quantitative estimate of drug-likeness (QED) is 0.251. The Bertz CT molecular complexity index is 1570. The van der Waals surface area contributed by atoms with Gasteiger partial charge in [-0.3, -0.25) is 9.59 Å². The third-order valence-electron chi connectivity index (χ3n) is 7.21. The lowest BCUT2D eigenvalue weighted by Gasteiger charge is -2.27. The van der Waals surface area contributed by atoms with Crippen LogP contribution in [0.3, 0.4) is 0 Å². The van der Waals surface area contributed by atoms with Crippen molar-refractivity contribution in [3.8, 4) is 28.5 Å². The van der Waals surface area contributed by atoms with Crippen LogP contribution in [0, 0.1) is 5.82 Å². The Kier molecular flexibility index (Phi) is 8.63. The predicted octanol–water partition coefficient (Wildman–Crippen LogP) is 5.59. The van der Waals surface area contributed by atoms with Gasteiger partial charge in [0.05, 0.1) is 36.6 Å². The first-order valence-corrected chi connectivity index (χ1v) is 13.9. The van der Waals surface area contributed by atoms with E-state index >= 15 is 0 Å². The van der Waals surface area contributed by atoms with Crippen LogP contribution in [0.15, 0.2) is 66.9 Å². The lowest BCUT2D eigenvalue weighted by molar-refractivity contribution is -0.160. The topological polar surface area (TPSA) is 116 Å². The molecule has 2 atom stereocenters. The molecule has 1 amide bonds. The molecule has 42 heavy (non-hydrogen) atoms. The van der Waals surface area contributed by atoms with Gasteiger partial charge in [0.1, 0.15) is 11.9 Å². The second-order valence-electron chi connectivity index (χ2n) is 10.5. The van der Waals surface area contributed by atoms with E-state index in [2.05, 4.69) is 15.3 Å². The number of ether oxygens (including phenoxy) is 2. The first kappa shape index (κ1) is 28.9. The second kappa shape index (κ2) is 12.5. The molecule has 9 nitrogen and oxygen atoms in total. The fourth-order valence-electron chi connectivity index (χ4n) is 5.46. The number of aromatic nitrogens is 3. The number of methoxy groups -OCH3 is 1. The lowest BCUT2D eigenvalue weighted by Crippen LogP contribution is -2.33. The van der Waals surface area contributed by atoms with Crippen LogP contribution in [0.4, 0.5) is 10.1 Å². The van der Waals surface area contributed by atoms with E-state index < -0.39 is 24.0 Å². The summed E-state index contributed by atoms with van der Waals surface area (Å²) >= 11 is 0. The molecule has 2 aromatic heterocycles. The maximum Gasteiger partial charge on any atom is 0.316 e. The summed E-state index contributed by atoms with van der Waals surface area (Å²) in [4.78, 5) is 35.0. The molecule has 1 saturated heterocycles. The number of cyclic esters (lactones) is 1. The highest BCUT2D eigenvalue weighted by atomic mass is 19.1. The van der Waals surface area contributed by atoms with Crippen LogP contribution in [0.2, 0.25) is 0 Å². The predicted molar refractivity (Wildman–Crippen MR) is 156 cm³/mol. The van der Waals surface area contributed by atoms with Crippen molar-refractivity contribution in [2.24, 2.45) is 0 Å². The van der Waals surface area contributed by atoms with Gasteiger partial charge in [-0.25, -0.2) is 9.37 Å². The third-order valence-corrected chi connectivity index (χ3v) is 7.21. The van der Waals surface area contributed by atoms with Crippen LogP contribution in [0.5, 0.6) is 6.01 Å². The van der Waals surface area contributed by atoms with E-state index in [9.17, 15) is 19.1 Å². The third kappa shape index (κ3) is 6.18. The van der Waals surface area contributed by atoms with Gasteiger partial charge in [0, 0.05) is 42.5 Å². The molecule has 218 valence electrons. The molecule has 0 unspecified atom stereocenters. The number of para-hydroxylation sites is 1. The largest absolute Gasteiger partial charge is 0.467 e. The smallest absolute Gasteiger partial charge is 0.316 e. The molecule has 0 aliphatic carbocycles. The van der Waals surface area contributed by atoms with E-state index in [0.717, 1.165) is 5.69 Å². The van der Waals surface area contributed by atoms with Crippen molar-refractivity contribution in [1.82, 2.24) is 14.5 Å². The molecular weight excluding hydrogens is 539 g/mol. The highest BCUT2D eigenvalue weighted by Gasteiger charge is 2.33. The van der Waals surface area contributed by atoms with E-state index in [-0.39, 0.29) is 24.3 Å². The van der Waals surface area contributed by atoms with E-state index in [1.54, 1.807) is 36.5 Å². The molecule has 0 bridgehead atoms. The van der Waals surface area contributed by atoms with Crippen LogP contribution >= 0.6 is 0 Å². The second-order valence-corrected chi connectivity index (χ2v) is 10.5. The standard InChI is InChI=1S/C32H33FN4O5/c1-19(2)29-28(31(40)35-22-7-5-4-6-8-22)27(25-13-15-34-32(36-25)41-3)30(20-9-11-21(33)12-10-20)37(29)16-14-24-17-23(38)18-26(39)42-24/h4-13,15,19,23-24,38H,14,16-18H2,1-3H3,(H,35,40)/t23-,24+/m1/s1. The molecule has 10 heteroatoms. The molecular formula is C32H33FN4O5.